The van der Waals surface area contributed by atoms with E-state index in [1.807, 2.05) is 0 Å². The van der Waals surface area contributed by atoms with Gasteiger partial charge in [-0.1, -0.05) is 36.4 Å². The third kappa shape index (κ3) is 2.51. The molecule has 1 heterocycles. The molecule has 1 aliphatic heterocycles. The zero-order valence-corrected chi connectivity index (χ0v) is 12.3. The second-order valence-corrected chi connectivity index (χ2v) is 6.99. The highest BCUT2D eigenvalue weighted by atomic mass is 127. The fraction of sp³-hybridized carbons (Fsp3) is 1.00. The van der Waals surface area contributed by atoms with Crippen LogP contribution in [0.5, 0.6) is 0 Å². The molecule has 88 valence electrons. The van der Waals surface area contributed by atoms with E-state index in [0.717, 1.165) is 16.3 Å². The number of rotatable bonds is 1. The highest BCUT2D eigenvalue weighted by Gasteiger charge is 2.48. The Morgan fingerprint density at radius 3 is 2.27 bits per heavy atom. The quantitative estimate of drug-likeness (QED) is 0.520. The van der Waals surface area contributed by atoms with Crippen LogP contribution in [0.2, 0.25) is 0 Å². The lowest BCUT2D eigenvalue weighted by molar-refractivity contribution is -0.117. The van der Waals surface area contributed by atoms with Gasteiger partial charge < -0.3 is 4.74 Å². The van der Waals surface area contributed by atoms with E-state index < -0.39 is 0 Å². The van der Waals surface area contributed by atoms with Gasteiger partial charge in [-0.3, -0.25) is 0 Å². The molecule has 1 nitrogen and oxygen atoms in total. The van der Waals surface area contributed by atoms with E-state index in [1.54, 1.807) is 0 Å². The summed E-state index contributed by atoms with van der Waals surface area (Å²) in [6.45, 7) is 7.07. The molecule has 2 aliphatic rings. The molecular formula is C13H23IO. The molecule has 1 saturated carbocycles. The first kappa shape index (κ1) is 12.2. The van der Waals surface area contributed by atoms with Crippen molar-refractivity contribution in [2.75, 3.05) is 4.43 Å². The van der Waals surface area contributed by atoms with Crippen LogP contribution < -0.4 is 0 Å². The average molecular weight is 322 g/mol. The second kappa shape index (κ2) is 4.17. The lowest BCUT2D eigenvalue weighted by Gasteiger charge is -2.41. The van der Waals surface area contributed by atoms with Crippen LogP contribution in [-0.2, 0) is 4.74 Å². The van der Waals surface area contributed by atoms with E-state index in [4.69, 9.17) is 4.74 Å². The predicted octanol–water partition coefficient (Wildman–Crippen LogP) is 4.19. The minimum absolute atomic E-state index is 0.164. The molecule has 0 N–H and O–H groups in total. The summed E-state index contributed by atoms with van der Waals surface area (Å²) in [7, 11) is 0. The van der Waals surface area contributed by atoms with Gasteiger partial charge in [0, 0.05) is 4.43 Å². The summed E-state index contributed by atoms with van der Waals surface area (Å²) in [5.74, 6) is 1.70. The number of ether oxygens (including phenoxy) is 1. The molecule has 0 radical (unpaired) electrons. The van der Waals surface area contributed by atoms with Gasteiger partial charge in [0.1, 0.15) is 0 Å². The molecular weight excluding hydrogens is 299 g/mol. The molecule has 0 aromatic heterocycles. The van der Waals surface area contributed by atoms with E-state index >= 15 is 0 Å². The summed E-state index contributed by atoms with van der Waals surface area (Å²) in [6.07, 6.45) is 6.54. The Morgan fingerprint density at radius 2 is 1.80 bits per heavy atom. The first-order valence-corrected chi connectivity index (χ1v) is 7.76. The summed E-state index contributed by atoms with van der Waals surface area (Å²) in [6, 6.07) is 0. The number of halogens is 1. The number of alkyl halides is 1. The van der Waals surface area contributed by atoms with E-state index in [9.17, 15) is 0 Å². The van der Waals surface area contributed by atoms with E-state index in [-0.39, 0.29) is 11.2 Å². The summed E-state index contributed by atoms with van der Waals surface area (Å²) in [5.41, 5.74) is 0.411. The zero-order valence-electron chi connectivity index (χ0n) is 10.2. The molecule has 1 spiro atoms. The standard InChI is InChI=1S/C13H23IO/c1-10-6-11(2)8-13(7-10)5-4-12(3,9-14)15-13/h10-11H,4-9H2,1-3H3. The first-order chi connectivity index (χ1) is 6.97. The molecule has 15 heavy (non-hydrogen) atoms. The average Bonchev–Trinajstić information content (AvgIpc) is 2.42. The normalized spacial score (nSPS) is 51.2. The van der Waals surface area contributed by atoms with Crippen molar-refractivity contribution < 1.29 is 4.74 Å². The van der Waals surface area contributed by atoms with E-state index in [1.165, 1.54) is 32.1 Å². The van der Waals surface area contributed by atoms with Crippen molar-refractivity contribution in [3.05, 3.63) is 0 Å². The van der Waals surface area contributed by atoms with Crippen LogP contribution in [0.25, 0.3) is 0 Å². The smallest absolute Gasteiger partial charge is 0.0752 e. The second-order valence-electron chi connectivity index (χ2n) is 6.22. The Hall–Kier alpha value is 0.690. The fourth-order valence-electron chi connectivity index (χ4n) is 3.71. The molecule has 0 amide bonds. The van der Waals surface area contributed by atoms with Gasteiger partial charge in [-0.25, -0.2) is 0 Å². The third-order valence-corrected chi connectivity index (χ3v) is 5.71. The van der Waals surface area contributed by atoms with Crippen LogP contribution in [0.15, 0.2) is 0 Å². The Balaban J connectivity index is 2.08. The largest absolute Gasteiger partial charge is 0.368 e. The maximum atomic E-state index is 6.46. The molecule has 1 saturated heterocycles. The molecule has 1 aliphatic carbocycles. The molecule has 0 bridgehead atoms. The zero-order chi connectivity index (χ0) is 11.1. The summed E-state index contributed by atoms with van der Waals surface area (Å²) in [4.78, 5) is 0. The molecule has 2 fully saturated rings. The SMILES string of the molecule is CC1CC(C)CC2(CCC(C)(CI)O2)C1. The third-order valence-electron chi connectivity index (χ3n) is 4.10. The van der Waals surface area contributed by atoms with Crippen molar-refractivity contribution in [1.82, 2.24) is 0 Å². The topological polar surface area (TPSA) is 9.23 Å². The van der Waals surface area contributed by atoms with Crippen LogP contribution >= 0.6 is 22.6 Å². The monoisotopic (exact) mass is 322 g/mol. The molecule has 3 unspecified atom stereocenters. The fourth-order valence-corrected chi connectivity index (χ4v) is 4.24. The maximum absolute atomic E-state index is 6.46. The van der Waals surface area contributed by atoms with Crippen molar-refractivity contribution in [1.29, 1.82) is 0 Å². The Kier molecular flexibility index (Phi) is 3.38. The van der Waals surface area contributed by atoms with Crippen LogP contribution in [-0.4, -0.2) is 15.6 Å². The number of hydrogen-bond acceptors (Lipinski definition) is 1. The van der Waals surface area contributed by atoms with E-state index in [2.05, 4.69) is 43.4 Å². The molecule has 0 aromatic carbocycles. The van der Waals surface area contributed by atoms with Gasteiger partial charge in [-0.15, -0.1) is 0 Å². The maximum Gasteiger partial charge on any atom is 0.0752 e. The summed E-state index contributed by atoms with van der Waals surface area (Å²) < 4.78 is 7.59. The molecule has 2 rings (SSSR count). The van der Waals surface area contributed by atoms with Crippen molar-refractivity contribution in [2.24, 2.45) is 11.8 Å². The van der Waals surface area contributed by atoms with Crippen molar-refractivity contribution in [2.45, 2.75) is 64.1 Å². The Bertz CT molecular complexity index is 231. The van der Waals surface area contributed by atoms with Gasteiger partial charge in [-0.2, -0.15) is 0 Å². The highest BCUT2D eigenvalue weighted by Crippen LogP contribution is 2.49. The van der Waals surface area contributed by atoms with Gasteiger partial charge in [0.2, 0.25) is 0 Å². The van der Waals surface area contributed by atoms with Gasteiger partial charge in [0.15, 0.2) is 0 Å². The van der Waals surface area contributed by atoms with Crippen LogP contribution in [0.1, 0.15) is 52.9 Å². The van der Waals surface area contributed by atoms with Crippen molar-refractivity contribution >= 4 is 22.6 Å². The molecule has 2 heteroatoms. The molecule has 0 aromatic rings. The summed E-state index contributed by atoms with van der Waals surface area (Å²) in [5, 5.41) is 0. The molecule has 3 atom stereocenters. The lowest BCUT2D eigenvalue weighted by atomic mass is 9.72. The Morgan fingerprint density at radius 1 is 1.20 bits per heavy atom. The lowest BCUT2D eigenvalue weighted by Crippen LogP contribution is -2.40. The minimum Gasteiger partial charge on any atom is -0.368 e. The van der Waals surface area contributed by atoms with Gasteiger partial charge in [-0.05, 0) is 50.9 Å². The van der Waals surface area contributed by atoms with Crippen molar-refractivity contribution in [3.8, 4) is 0 Å². The van der Waals surface area contributed by atoms with Gasteiger partial charge >= 0.3 is 0 Å². The summed E-state index contributed by atoms with van der Waals surface area (Å²) >= 11 is 2.47. The number of hydrogen-bond donors (Lipinski definition) is 0. The Labute approximate surface area is 107 Å². The van der Waals surface area contributed by atoms with Gasteiger partial charge in [0.25, 0.3) is 0 Å². The van der Waals surface area contributed by atoms with Crippen LogP contribution in [0.4, 0.5) is 0 Å². The first-order valence-electron chi connectivity index (χ1n) is 6.23. The predicted molar refractivity (Wildman–Crippen MR) is 72.5 cm³/mol. The van der Waals surface area contributed by atoms with Crippen LogP contribution in [0, 0.1) is 11.8 Å². The van der Waals surface area contributed by atoms with Crippen LogP contribution in [0.3, 0.4) is 0 Å². The minimum atomic E-state index is 0.164. The highest BCUT2D eigenvalue weighted by molar-refractivity contribution is 14.1. The van der Waals surface area contributed by atoms with Crippen molar-refractivity contribution in [3.63, 3.8) is 0 Å². The van der Waals surface area contributed by atoms with Gasteiger partial charge in [0.05, 0.1) is 11.2 Å². The van der Waals surface area contributed by atoms with E-state index in [0.29, 0.717) is 0 Å².